The molecule has 2 saturated heterocycles. The van der Waals surface area contributed by atoms with Gasteiger partial charge in [-0.1, -0.05) is 6.08 Å². The van der Waals surface area contributed by atoms with E-state index in [1.165, 1.54) is 0 Å². The first-order valence-electron chi connectivity index (χ1n) is 7.72. The summed E-state index contributed by atoms with van der Waals surface area (Å²) in [5.41, 5.74) is 9.62. The smallest absolute Gasteiger partial charge is 0.310 e. The van der Waals surface area contributed by atoms with Gasteiger partial charge in [0.25, 0.3) is 5.71 Å². The fourth-order valence-corrected chi connectivity index (χ4v) is 4.17. The van der Waals surface area contributed by atoms with E-state index >= 15 is 0 Å². The molecule has 7 heteroatoms. The van der Waals surface area contributed by atoms with Gasteiger partial charge in [-0.25, -0.2) is 0 Å². The quantitative estimate of drug-likeness (QED) is 0.572. The number of aliphatic carboxylic acids is 1. The molecule has 2 bridgehead atoms. The summed E-state index contributed by atoms with van der Waals surface area (Å²) in [6.45, 7) is 0. The first-order chi connectivity index (χ1) is 11.0. The molecule has 122 valence electrons. The van der Waals surface area contributed by atoms with Gasteiger partial charge >= 0.3 is 5.97 Å². The fraction of sp³-hybridized carbons (Fsp3) is 0.562. The SMILES string of the molecule is CN1[C@@H]2CC[C@H]1C(C(=O)C1=CCC(=[N+]=[N-])C=C1)[C@H](O)[C@@H]2C(=O)O. The largest absolute Gasteiger partial charge is 0.481 e. The second-order valence-corrected chi connectivity index (χ2v) is 6.41. The Bertz CT molecular complexity index is 662. The summed E-state index contributed by atoms with van der Waals surface area (Å²) in [4.78, 5) is 29.4. The Morgan fingerprint density at radius 1 is 1.26 bits per heavy atom. The highest BCUT2D eigenvalue weighted by atomic mass is 16.4. The molecule has 0 amide bonds. The van der Waals surface area contributed by atoms with E-state index in [-0.39, 0.29) is 17.9 Å². The van der Waals surface area contributed by atoms with E-state index in [2.05, 4.69) is 4.79 Å². The highest BCUT2D eigenvalue weighted by Crippen LogP contribution is 2.43. The zero-order chi connectivity index (χ0) is 16.7. The number of carboxylic acid groups (broad SMARTS) is 1. The highest BCUT2D eigenvalue weighted by Gasteiger charge is 2.56. The lowest BCUT2D eigenvalue weighted by Gasteiger charge is -2.43. The molecule has 1 aliphatic carbocycles. The molecule has 2 heterocycles. The zero-order valence-corrected chi connectivity index (χ0v) is 12.8. The van der Waals surface area contributed by atoms with Crippen LogP contribution in [0.2, 0.25) is 0 Å². The van der Waals surface area contributed by atoms with E-state index in [1.807, 2.05) is 11.9 Å². The van der Waals surface area contributed by atoms with Crippen LogP contribution in [-0.2, 0) is 9.59 Å². The molecule has 2 N–H and O–H groups in total. The average molecular weight is 317 g/mol. The topological polar surface area (TPSA) is 114 Å². The first-order valence-corrected chi connectivity index (χ1v) is 7.72. The van der Waals surface area contributed by atoms with Crippen LogP contribution in [0.5, 0.6) is 0 Å². The Morgan fingerprint density at radius 2 is 1.91 bits per heavy atom. The van der Waals surface area contributed by atoms with Gasteiger partial charge in [-0.05, 0) is 26.0 Å². The zero-order valence-electron chi connectivity index (χ0n) is 12.8. The van der Waals surface area contributed by atoms with Gasteiger partial charge in [0.15, 0.2) is 5.78 Å². The number of aliphatic hydroxyl groups excluding tert-OH is 1. The molecule has 0 aromatic carbocycles. The van der Waals surface area contributed by atoms with E-state index in [4.69, 9.17) is 5.53 Å². The molecule has 0 saturated carbocycles. The Labute approximate surface area is 133 Å². The monoisotopic (exact) mass is 317 g/mol. The van der Waals surface area contributed by atoms with E-state index in [0.717, 1.165) is 0 Å². The molecule has 3 aliphatic rings. The number of carboxylic acids is 1. The van der Waals surface area contributed by atoms with Crippen LogP contribution in [0.4, 0.5) is 0 Å². The van der Waals surface area contributed by atoms with Crippen molar-refractivity contribution < 1.29 is 24.6 Å². The van der Waals surface area contributed by atoms with E-state index in [1.54, 1.807) is 18.2 Å². The third kappa shape index (κ3) is 2.47. The highest BCUT2D eigenvalue weighted by molar-refractivity contribution is 6.05. The van der Waals surface area contributed by atoms with Crippen molar-refractivity contribution in [3.05, 3.63) is 29.3 Å². The number of rotatable bonds is 3. The summed E-state index contributed by atoms with van der Waals surface area (Å²) in [6.07, 6.45) is 5.30. The molecule has 0 aromatic heterocycles. The van der Waals surface area contributed by atoms with Gasteiger partial charge in [0.05, 0.1) is 24.4 Å². The van der Waals surface area contributed by atoms with Crippen LogP contribution in [0.1, 0.15) is 19.3 Å². The minimum absolute atomic E-state index is 0.139. The number of piperidine rings is 1. The lowest BCUT2D eigenvalue weighted by atomic mass is 9.76. The van der Waals surface area contributed by atoms with Crippen molar-refractivity contribution in [3.8, 4) is 0 Å². The summed E-state index contributed by atoms with van der Waals surface area (Å²) in [7, 11) is 1.83. The number of nitrogens with zero attached hydrogens (tertiary/aromatic N) is 3. The fourth-order valence-electron chi connectivity index (χ4n) is 4.17. The van der Waals surface area contributed by atoms with Gasteiger partial charge in [0.1, 0.15) is 0 Å². The molecule has 1 unspecified atom stereocenters. The molecule has 3 rings (SSSR count). The molecule has 0 spiro atoms. The number of aliphatic hydroxyl groups is 1. The molecule has 0 aromatic rings. The van der Waals surface area contributed by atoms with Crippen LogP contribution in [0.3, 0.4) is 0 Å². The predicted octanol–water partition coefficient (Wildman–Crippen LogP) is 0.267. The van der Waals surface area contributed by atoms with Gasteiger partial charge in [-0.2, -0.15) is 4.79 Å². The normalized spacial score (nSPS) is 36.5. The second kappa shape index (κ2) is 5.85. The Balaban J connectivity index is 1.90. The number of hydrogen-bond acceptors (Lipinski definition) is 4. The number of allylic oxidation sites excluding steroid dienone is 4. The lowest BCUT2D eigenvalue weighted by Crippen LogP contribution is -2.59. The molecular weight excluding hydrogens is 298 g/mol. The molecule has 2 aliphatic heterocycles. The summed E-state index contributed by atoms with van der Waals surface area (Å²) in [5.74, 6) is -3.00. The Hall–Kier alpha value is -2.08. The number of ketones is 1. The lowest BCUT2D eigenvalue weighted by molar-refractivity contribution is -0.158. The van der Waals surface area contributed by atoms with E-state index < -0.39 is 23.9 Å². The second-order valence-electron chi connectivity index (χ2n) is 6.41. The molecule has 5 atom stereocenters. The maximum Gasteiger partial charge on any atom is 0.310 e. The standard InChI is InChI=1S/C16H19N3O4/c1-19-10-6-7-11(19)13(16(22)23)15(21)12(10)14(20)8-2-4-9(18-17)5-3-8/h2-4,10-13,15,21H,5-7H2,1H3,(H,22,23)/t10-,11+,12?,13+,15-/m0/s1. The van der Waals surface area contributed by atoms with Gasteiger partial charge in [0.2, 0.25) is 0 Å². The van der Waals surface area contributed by atoms with Gasteiger partial charge < -0.3 is 15.7 Å². The predicted molar refractivity (Wildman–Crippen MR) is 80.7 cm³/mol. The number of fused-ring (bicyclic) bond motifs is 2. The average Bonchev–Trinajstić information content (AvgIpc) is 2.81. The van der Waals surface area contributed by atoms with Gasteiger partial charge in [-0.15, -0.1) is 0 Å². The summed E-state index contributed by atoms with van der Waals surface area (Å²) in [6, 6.07) is -0.360. The molecule has 2 fully saturated rings. The summed E-state index contributed by atoms with van der Waals surface area (Å²) >= 11 is 0. The van der Waals surface area contributed by atoms with Crippen LogP contribution in [0.15, 0.2) is 23.8 Å². The maximum absolute atomic E-state index is 12.9. The third-order valence-electron chi connectivity index (χ3n) is 5.36. The van der Waals surface area contributed by atoms with E-state index in [9.17, 15) is 19.8 Å². The van der Waals surface area contributed by atoms with Crippen LogP contribution >= 0.6 is 0 Å². The van der Waals surface area contributed by atoms with E-state index in [0.29, 0.717) is 30.5 Å². The summed E-state index contributed by atoms with van der Waals surface area (Å²) < 4.78 is 0. The van der Waals surface area contributed by atoms with Crippen molar-refractivity contribution in [1.82, 2.24) is 4.90 Å². The van der Waals surface area contributed by atoms with Crippen LogP contribution in [-0.4, -0.2) is 62.6 Å². The minimum atomic E-state index is -1.18. The molecule has 0 radical (unpaired) electrons. The van der Waals surface area contributed by atoms with Crippen molar-refractivity contribution in [2.24, 2.45) is 11.8 Å². The van der Waals surface area contributed by atoms with Crippen molar-refractivity contribution in [2.45, 2.75) is 37.5 Å². The van der Waals surface area contributed by atoms with Crippen molar-refractivity contribution in [2.75, 3.05) is 7.05 Å². The summed E-state index contributed by atoms with van der Waals surface area (Å²) in [5, 5.41) is 20.0. The third-order valence-corrected chi connectivity index (χ3v) is 5.36. The van der Waals surface area contributed by atoms with Crippen LogP contribution in [0, 0.1) is 11.8 Å². The number of carbonyl (C=O) groups is 2. The Kier molecular flexibility index (Phi) is 4.02. The van der Waals surface area contributed by atoms with Gasteiger partial charge in [0, 0.05) is 23.7 Å². The first kappa shape index (κ1) is 15.8. The van der Waals surface area contributed by atoms with Gasteiger partial charge in [-0.3, -0.25) is 14.5 Å². The number of hydrogen-bond donors (Lipinski definition) is 2. The molecular formula is C16H19N3O4. The minimum Gasteiger partial charge on any atom is -0.481 e. The van der Waals surface area contributed by atoms with Crippen LogP contribution in [0.25, 0.3) is 5.53 Å². The maximum atomic E-state index is 12.9. The van der Waals surface area contributed by atoms with Crippen molar-refractivity contribution in [1.29, 1.82) is 0 Å². The van der Waals surface area contributed by atoms with Crippen LogP contribution < -0.4 is 0 Å². The van der Waals surface area contributed by atoms with Crippen molar-refractivity contribution in [3.63, 3.8) is 0 Å². The number of carbonyl (C=O) groups excluding carboxylic acids is 1. The van der Waals surface area contributed by atoms with Crippen molar-refractivity contribution >= 4 is 17.5 Å². The Morgan fingerprint density at radius 3 is 2.43 bits per heavy atom. The molecule has 7 nitrogen and oxygen atoms in total. The molecule has 23 heavy (non-hydrogen) atoms. The number of Topliss-reactive ketones (excluding diaryl/α,β-unsaturated/α-hetero) is 1.